The lowest BCUT2D eigenvalue weighted by atomic mass is 10.0. The molecule has 2 rings (SSSR count). The van der Waals surface area contributed by atoms with E-state index >= 15 is 0 Å². The maximum Gasteiger partial charge on any atom is 0.161 e. The molecule has 0 aliphatic carbocycles. The SMILES string of the molecule is C=CC[C@@H](Nc1ccccc1)c1ccc(OC)c(OC)c1. The van der Waals surface area contributed by atoms with Crippen molar-refractivity contribution in [2.24, 2.45) is 0 Å². The number of rotatable bonds is 7. The summed E-state index contributed by atoms with van der Waals surface area (Å²) in [6.45, 7) is 3.85. The van der Waals surface area contributed by atoms with Gasteiger partial charge in [-0.3, -0.25) is 0 Å². The third-order valence-electron chi connectivity index (χ3n) is 3.33. The van der Waals surface area contributed by atoms with E-state index in [0.717, 1.165) is 29.2 Å². The smallest absolute Gasteiger partial charge is 0.161 e. The van der Waals surface area contributed by atoms with E-state index in [1.807, 2.05) is 42.5 Å². The minimum Gasteiger partial charge on any atom is -0.493 e. The van der Waals surface area contributed by atoms with Crippen LogP contribution < -0.4 is 14.8 Å². The lowest BCUT2D eigenvalue weighted by Crippen LogP contribution is -2.10. The van der Waals surface area contributed by atoms with Crippen molar-refractivity contribution in [3.63, 3.8) is 0 Å². The highest BCUT2D eigenvalue weighted by Gasteiger charge is 2.13. The molecular weight excluding hydrogens is 262 g/mol. The molecule has 0 spiro atoms. The third kappa shape index (κ3) is 3.78. The highest BCUT2D eigenvalue weighted by molar-refractivity contribution is 5.49. The Hall–Kier alpha value is -2.42. The first-order valence-corrected chi connectivity index (χ1v) is 6.93. The molecule has 0 bridgehead atoms. The molecule has 0 amide bonds. The van der Waals surface area contributed by atoms with Gasteiger partial charge in [0.25, 0.3) is 0 Å². The molecule has 0 aliphatic heterocycles. The average Bonchev–Trinajstić information content (AvgIpc) is 2.54. The first-order chi connectivity index (χ1) is 10.3. The van der Waals surface area contributed by atoms with Gasteiger partial charge in [0.05, 0.1) is 20.3 Å². The molecule has 0 heterocycles. The van der Waals surface area contributed by atoms with Gasteiger partial charge in [-0.05, 0) is 36.2 Å². The number of hydrogen-bond acceptors (Lipinski definition) is 3. The topological polar surface area (TPSA) is 30.5 Å². The van der Waals surface area contributed by atoms with Gasteiger partial charge >= 0.3 is 0 Å². The zero-order valence-corrected chi connectivity index (χ0v) is 12.5. The predicted octanol–water partition coefficient (Wildman–Crippen LogP) is 4.43. The Morgan fingerprint density at radius 2 is 1.76 bits per heavy atom. The average molecular weight is 283 g/mol. The zero-order valence-electron chi connectivity index (χ0n) is 12.5. The van der Waals surface area contributed by atoms with Gasteiger partial charge in [-0.15, -0.1) is 6.58 Å². The summed E-state index contributed by atoms with van der Waals surface area (Å²) in [5, 5.41) is 3.52. The van der Waals surface area contributed by atoms with E-state index in [1.54, 1.807) is 14.2 Å². The number of ether oxygens (including phenoxy) is 2. The monoisotopic (exact) mass is 283 g/mol. The van der Waals surface area contributed by atoms with Crippen LogP contribution in [0.15, 0.2) is 61.2 Å². The first-order valence-electron chi connectivity index (χ1n) is 6.93. The first kappa shape index (κ1) is 15.0. The summed E-state index contributed by atoms with van der Waals surface area (Å²) in [6, 6.07) is 16.3. The van der Waals surface area contributed by atoms with Crippen molar-refractivity contribution < 1.29 is 9.47 Å². The Bertz CT molecular complexity index is 581. The Kier molecular flexibility index (Phi) is 5.27. The van der Waals surface area contributed by atoms with Crippen LogP contribution in [0.25, 0.3) is 0 Å². The molecule has 21 heavy (non-hydrogen) atoms. The molecule has 1 N–H and O–H groups in total. The summed E-state index contributed by atoms with van der Waals surface area (Å²) in [6.07, 6.45) is 2.74. The lowest BCUT2D eigenvalue weighted by molar-refractivity contribution is 0.354. The molecule has 1 atom stereocenters. The van der Waals surface area contributed by atoms with Gasteiger partial charge in [-0.1, -0.05) is 30.3 Å². The van der Waals surface area contributed by atoms with Crippen LogP contribution in [0.4, 0.5) is 5.69 Å². The van der Waals surface area contributed by atoms with Gasteiger partial charge in [0.2, 0.25) is 0 Å². The van der Waals surface area contributed by atoms with Crippen molar-refractivity contribution in [2.45, 2.75) is 12.5 Å². The summed E-state index contributed by atoms with van der Waals surface area (Å²) < 4.78 is 10.7. The second-order valence-electron chi connectivity index (χ2n) is 4.70. The summed E-state index contributed by atoms with van der Waals surface area (Å²) in [5.41, 5.74) is 2.22. The predicted molar refractivity (Wildman–Crippen MR) is 87.2 cm³/mol. The maximum atomic E-state index is 5.38. The van der Waals surface area contributed by atoms with Crippen LogP contribution >= 0.6 is 0 Å². The van der Waals surface area contributed by atoms with Crippen LogP contribution in [-0.2, 0) is 0 Å². The molecule has 0 radical (unpaired) electrons. The van der Waals surface area contributed by atoms with Crippen LogP contribution in [-0.4, -0.2) is 14.2 Å². The van der Waals surface area contributed by atoms with Gasteiger partial charge in [0.1, 0.15) is 0 Å². The minimum atomic E-state index is 0.143. The van der Waals surface area contributed by atoms with Crippen LogP contribution in [0.2, 0.25) is 0 Å². The molecule has 0 saturated carbocycles. The van der Waals surface area contributed by atoms with E-state index in [1.165, 1.54) is 0 Å². The summed E-state index contributed by atoms with van der Waals surface area (Å²) in [5.74, 6) is 1.47. The van der Waals surface area contributed by atoms with Gasteiger partial charge in [0.15, 0.2) is 11.5 Å². The van der Waals surface area contributed by atoms with Crippen LogP contribution in [0.3, 0.4) is 0 Å². The van der Waals surface area contributed by atoms with Crippen molar-refractivity contribution in [3.8, 4) is 11.5 Å². The molecule has 0 unspecified atom stereocenters. The molecule has 3 nitrogen and oxygen atoms in total. The van der Waals surface area contributed by atoms with Gasteiger partial charge in [-0.25, -0.2) is 0 Å². The Morgan fingerprint density at radius 3 is 2.38 bits per heavy atom. The van der Waals surface area contributed by atoms with Crippen LogP contribution in [0, 0.1) is 0 Å². The standard InChI is InChI=1S/C18H21NO2/c1-4-8-16(19-15-9-6-5-7-10-15)14-11-12-17(20-2)18(13-14)21-3/h4-7,9-13,16,19H,1,8H2,2-3H3/t16-/m1/s1. The quantitative estimate of drug-likeness (QED) is 0.762. The lowest BCUT2D eigenvalue weighted by Gasteiger charge is -2.20. The molecule has 2 aromatic rings. The summed E-state index contributed by atoms with van der Waals surface area (Å²) in [7, 11) is 3.29. The van der Waals surface area contributed by atoms with Crippen molar-refractivity contribution >= 4 is 5.69 Å². The largest absolute Gasteiger partial charge is 0.493 e. The molecule has 0 aliphatic rings. The second kappa shape index (κ2) is 7.39. The van der Waals surface area contributed by atoms with Gasteiger partial charge < -0.3 is 14.8 Å². The number of hydrogen-bond donors (Lipinski definition) is 1. The Labute approximate surface area is 126 Å². The van der Waals surface area contributed by atoms with E-state index in [4.69, 9.17) is 9.47 Å². The number of methoxy groups -OCH3 is 2. The Balaban J connectivity index is 2.27. The van der Waals surface area contributed by atoms with Gasteiger partial charge in [-0.2, -0.15) is 0 Å². The fourth-order valence-corrected chi connectivity index (χ4v) is 2.25. The van der Waals surface area contributed by atoms with E-state index < -0.39 is 0 Å². The third-order valence-corrected chi connectivity index (χ3v) is 3.33. The number of para-hydroxylation sites is 1. The van der Waals surface area contributed by atoms with Crippen molar-refractivity contribution in [1.29, 1.82) is 0 Å². The number of nitrogens with one attached hydrogen (secondary N) is 1. The normalized spacial score (nSPS) is 11.5. The minimum absolute atomic E-state index is 0.143. The molecule has 110 valence electrons. The van der Waals surface area contributed by atoms with Crippen molar-refractivity contribution in [3.05, 3.63) is 66.7 Å². The van der Waals surface area contributed by atoms with Crippen molar-refractivity contribution in [2.75, 3.05) is 19.5 Å². The second-order valence-corrected chi connectivity index (χ2v) is 4.70. The molecule has 2 aromatic carbocycles. The maximum absolute atomic E-state index is 5.38. The van der Waals surface area contributed by atoms with Crippen LogP contribution in [0.5, 0.6) is 11.5 Å². The van der Waals surface area contributed by atoms with E-state index in [-0.39, 0.29) is 6.04 Å². The highest BCUT2D eigenvalue weighted by atomic mass is 16.5. The van der Waals surface area contributed by atoms with Crippen molar-refractivity contribution in [1.82, 2.24) is 0 Å². The fourth-order valence-electron chi connectivity index (χ4n) is 2.25. The summed E-state index contributed by atoms with van der Waals surface area (Å²) in [4.78, 5) is 0. The summed E-state index contributed by atoms with van der Waals surface area (Å²) >= 11 is 0. The molecule has 0 fully saturated rings. The van der Waals surface area contributed by atoms with E-state index in [9.17, 15) is 0 Å². The number of anilines is 1. The van der Waals surface area contributed by atoms with E-state index in [0.29, 0.717) is 0 Å². The van der Waals surface area contributed by atoms with E-state index in [2.05, 4.69) is 24.0 Å². The van der Waals surface area contributed by atoms with Gasteiger partial charge in [0, 0.05) is 5.69 Å². The molecule has 0 saturated heterocycles. The number of benzene rings is 2. The van der Waals surface area contributed by atoms with Crippen LogP contribution in [0.1, 0.15) is 18.0 Å². The Morgan fingerprint density at radius 1 is 1.05 bits per heavy atom. The highest BCUT2D eigenvalue weighted by Crippen LogP contribution is 2.32. The fraction of sp³-hybridized carbons (Fsp3) is 0.222. The zero-order chi connectivity index (χ0) is 15.1. The molecular formula is C18H21NO2. The molecule has 0 aromatic heterocycles. The molecule has 3 heteroatoms.